The molecular formula is C20H25NO2. The van der Waals surface area contributed by atoms with Crippen LogP contribution in [-0.2, 0) is 17.7 Å². The van der Waals surface area contributed by atoms with Crippen LogP contribution in [0.25, 0.3) is 0 Å². The molecule has 0 amide bonds. The lowest BCUT2D eigenvalue weighted by atomic mass is 9.86. The third kappa shape index (κ3) is 3.84. The van der Waals surface area contributed by atoms with Gasteiger partial charge < -0.3 is 9.30 Å². The summed E-state index contributed by atoms with van der Waals surface area (Å²) < 4.78 is 7.09. The van der Waals surface area contributed by atoms with Gasteiger partial charge in [-0.2, -0.15) is 0 Å². The third-order valence-electron chi connectivity index (χ3n) is 4.87. The fourth-order valence-corrected chi connectivity index (χ4v) is 3.61. The molecule has 0 atom stereocenters. The smallest absolute Gasteiger partial charge is 0.354 e. The average Bonchev–Trinajstić information content (AvgIpc) is 2.98. The van der Waals surface area contributed by atoms with Crippen LogP contribution in [0, 0.1) is 5.92 Å². The van der Waals surface area contributed by atoms with Crippen molar-refractivity contribution in [2.24, 2.45) is 5.92 Å². The van der Waals surface area contributed by atoms with Crippen LogP contribution in [0.2, 0.25) is 0 Å². The Labute approximate surface area is 138 Å². The zero-order valence-electron chi connectivity index (χ0n) is 13.8. The van der Waals surface area contributed by atoms with Gasteiger partial charge in [0.2, 0.25) is 0 Å². The number of carbonyl (C=O) groups excluding carboxylic acids is 1. The van der Waals surface area contributed by atoms with Crippen LogP contribution >= 0.6 is 0 Å². The van der Waals surface area contributed by atoms with E-state index in [0.717, 1.165) is 18.9 Å². The molecular weight excluding hydrogens is 286 g/mol. The molecule has 122 valence electrons. The van der Waals surface area contributed by atoms with Gasteiger partial charge in [0.15, 0.2) is 0 Å². The summed E-state index contributed by atoms with van der Waals surface area (Å²) in [5.74, 6) is 0.495. The number of carbonyl (C=O) groups is 1. The summed E-state index contributed by atoms with van der Waals surface area (Å²) in [4.78, 5) is 12.1. The van der Waals surface area contributed by atoms with Gasteiger partial charge in [-0.3, -0.25) is 0 Å². The molecule has 3 rings (SSSR count). The Bertz CT molecular complexity index is 639. The van der Waals surface area contributed by atoms with E-state index < -0.39 is 0 Å². The molecule has 1 fully saturated rings. The molecule has 1 aromatic carbocycles. The monoisotopic (exact) mass is 311 g/mol. The Kier molecular flexibility index (Phi) is 5.16. The quantitative estimate of drug-likeness (QED) is 0.764. The highest BCUT2D eigenvalue weighted by molar-refractivity contribution is 5.87. The van der Waals surface area contributed by atoms with E-state index in [-0.39, 0.29) is 5.97 Å². The van der Waals surface area contributed by atoms with Crippen LogP contribution in [0.4, 0.5) is 0 Å². The van der Waals surface area contributed by atoms with Gasteiger partial charge in [0, 0.05) is 12.2 Å². The molecule has 1 aromatic heterocycles. The summed E-state index contributed by atoms with van der Waals surface area (Å²) in [5, 5.41) is 0. The number of hydrogen-bond donors (Lipinski definition) is 0. The van der Waals surface area contributed by atoms with Gasteiger partial charge in [-0.05, 0) is 30.0 Å². The SMILES string of the molecule is COC(=O)c1ccc(CC2CCCCC2)n1Cc1ccccc1. The first-order chi connectivity index (χ1) is 11.3. The molecule has 3 nitrogen and oxygen atoms in total. The van der Waals surface area contributed by atoms with E-state index in [4.69, 9.17) is 4.74 Å². The standard InChI is InChI=1S/C20H25NO2/c1-23-20(22)19-13-12-18(14-16-8-4-2-5-9-16)21(19)15-17-10-6-3-7-11-17/h3,6-7,10-13,16H,2,4-5,8-9,14-15H2,1H3. The topological polar surface area (TPSA) is 31.2 Å². The lowest BCUT2D eigenvalue weighted by molar-refractivity contribution is 0.0588. The molecule has 0 bridgehead atoms. The highest BCUT2D eigenvalue weighted by Gasteiger charge is 2.20. The second kappa shape index (κ2) is 7.49. The van der Waals surface area contributed by atoms with Gasteiger partial charge in [0.25, 0.3) is 0 Å². The minimum absolute atomic E-state index is 0.254. The van der Waals surface area contributed by atoms with Crippen LogP contribution in [-0.4, -0.2) is 17.6 Å². The summed E-state index contributed by atoms with van der Waals surface area (Å²) in [6, 6.07) is 14.3. The van der Waals surface area contributed by atoms with Crippen molar-refractivity contribution in [3.63, 3.8) is 0 Å². The lowest BCUT2D eigenvalue weighted by Crippen LogP contribution is -2.17. The van der Waals surface area contributed by atoms with Crippen molar-refractivity contribution in [3.05, 3.63) is 59.4 Å². The molecule has 0 unspecified atom stereocenters. The van der Waals surface area contributed by atoms with E-state index in [0.29, 0.717) is 5.69 Å². The van der Waals surface area contributed by atoms with Crippen molar-refractivity contribution in [2.75, 3.05) is 7.11 Å². The first-order valence-corrected chi connectivity index (χ1v) is 8.58. The number of rotatable bonds is 5. The van der Waals surface area contributed by atoms with Gasteiger partial charge in [-0.25, -0.2) is 4.79 Å². The first-order valence-electron chi connectivity index (χ1n) is 8.58. The molecule has 3 heteroatoms. The van der Waals surface area contributed by atoms with E-state index in [2.05, 4.69) is 22.8 Å². The Morgan fingerprint density at radius 1 is 1.09 bits per heavy atom. The molecule has 23 heavy (non-hydrogen) atoms. The minimum Gasteiger partial charge on any atom is -0.464 e. The zero-order valence-corrected chi connectivity index (χ0v) is 13.8. The molecule has 1 aliphatic carbocycles. The second-order valence-electron chi connectivity index (χ2n) is 6.48. The lowest BCUT2D eigenvalue weighted by Gasteiger charge is -2.22. The number of esters is 1. The van der Waals surface area contributed by atoms with E-state index in [1.807, 2.05) is 24.3 Å². The number of nitrogens with zero attached hydrogens (tertiary/aromatic N) is 1. The first kappa shape index (κ1) is 15.9. The Morgan fingerprint density at radius 2 is 1.83 bits per heavy atom. The van der Waals surface area contributed by atoms with Crippen LogP contribution in [0.5, 0.6) is 0 Å². The van der Waals surface area contributed by atoms with Crippen molar-refractivity contribution in [2.45, 2.75) is 45.1 Å². The fraction of sp³-hybridized carbons (Fsp3) is 0.450. The highest BCUT2D eigenvalue weighted by Crippen LogP contribution is 2.28. The van der Waals surface area contributed by atoms with E-state index in [1.165, 1.54) is 50.5 Å². The van der Waals surface area contributed by atoms with Crippen LogP contribution < -0.4 is 0 Å². The molecule has 0 aliphatic heterocycles. The minimum atomic E-state index is -0.254. The molecule has 0 radical (unpaired) electrons. The van der Waals surface area contributed by atoms with Crippen molar-refractivity contribution in [3.8, 4) is 0 Å². The van der Waals surface area contributed by atoms with Crippen LogP contribution in [0.3, 0.4) is 0 Å². The van der Waals surface area contributed by atoms with Crippen molar-refractivity contribution in [1.82, 2.24) is 4.57 Å². The number of methoxy groups -OCH3 is 1. The maximum atomic E-state index is 12.1. The zero-order chi connectivity index (χ0) is 16.1. The van der Waals surface area contributed by atoms with Crippen LogP contribution in [0.1, 0.15) is 53.8 Å². The second-order valence-corrected chi connectivity index (χ2v) is 6.48. The summed E-state index contributed by atoms with van der Waals surface area (Å²) in [6.45, 7) is 0.723. The maximum absolute atomic E-state index is 12.1. The predicted octanol–water partition coefficient (Wildman–Crippen LogP) is 4.45. The van der Waals surface area contributed by atoms with E-state index in [1.54, 1.807) is 0 Å². The van der Waals surface area contributed by atoms with Crippen LogP contribution in [0.15, 0.2) is 42.5 Å². The molecule has 1 heterocycles. The van der Waals surface area contributed by atoms with Gasteiger partial charge in [-0.15, -0.1) is 0 Å². The number of benzene rings is 1. The fourth-order valence-electron chi connectivity index (χ4n) is 3.61. The maximum Gasteiger partial charge on any atom is 0.354 e. The highest BCUT2D eigenvalue weighted by atomic mass is 16.5. The van der Waals surface area contributed by atoms with E-state index >= 15 is 0 Å². The molecule has 0 spiro atoms. The summed E-state index contributed by atoms with van der Waals surface area (Å²) in [5.41, 5.74) is 3.11. The number of aromatic nitrogens is 1. The molecule has 1 aliphatic rings. The molecule has 1 saturated carbocycles. The number of hydrogen-bond acceptors (Lipinski definition) is 2. The summed E-state index contributed by atoms with van der Waals surface area (Å²) >= 11 is 0. The van der Waals surface area contributed by atoms with Gasteiger partial charge in [0.05, 0.1) is 7.11 Å². The molecule has 0 saturated heterocycles. The normalized spacial score (nSPS) is 15.5. The largest absolute Gasteiger partial charge is 0.464 e. The summed E-state index contributed by atoms with van der Waals surface area (Å²) in [6.07, 6.45) is 7.73. The number of ether oxygens (including phenoxy) is 1. The Hall–Kier alpha value is -2.03. The van der Waals surface area contributed by atoms with Crippen molar-refractivity contribution >= 4 is 5.97 Å². The summed E-state index contributed by atoms with van der Waals surface area (Å²) in [7, 11) is 1.45. The Morgan fingerprint density at radius 3 is 2.52 bits per heavy atom. The predicted molar refractivity (Wildman–Crippen MR) is 91.6 cm³/mol. The average molecular weight is 311 g/mol. The van der Waals surface area contributed by atoms with Gasteiger partial charge in [-0.1, -0.05) is 62.4 Å². The van der Waals surface area contributed by atoms with Gasteiger partial charge in [0.1, 0.15) is 5.69 Å². The van der Waals surface area contributed by atoms with Crippen molar-refractivity contribution < 1.29 is 9.53 Å². The Balaban J connectivity index is 1.85. The van der Waals surface area contributed by atoms with Gasteiger partial charge >= 0.3 is 5.97 Å². The molecule has 2 aromatic rings. The van der Waals surface area contributed by atoms with Crippen molar-refractivity contribution in [1.29, 1.82) is 0 Å². The third-order valence-corrected chi connectivity index (χ3v) is 4.87. The molecule has 0 N–H and O–H groups in total. The van der Waals surface area contributed by atoms with E-state index in [9.17, 15) is 4.79 Å².